The molecule has 27 heavy (non-hydrogen) atoms. The Morgan fingerprint density at radius 2 is 2.04 bits per heavy atom. The molecule has 7 nitrogen and oxygen atoms in total. The molecule has 2 atom stereocenters. The number of methoxy groups -OCH3 is 1. The highest BCUT2D eigenvalue weighted by Crippen LogP contribution is 2.52. The number of benzene rings is 2. The van der Waals surface area contributed by atoms with E-state index in [9.17, 15) is 19.7 Å². The summed E-state index contributed by atoms with van der Waals surface area (Å²) in [5, 5.41) is 11.4. The van der Waals surface area contributed by atoms with Crippen LogP contribution in [0.15, 0.2) is 42.5 Å². The Morgan fingerprint density at radius 3 is 2.78 bits per heavy atom. The van der Waals surface area contributed by atoms with Crippen LogP contribution in [-0.4, -0.2) is 30.3 Å². The van der Waals surface area contributed by atoms with E-state index in [4.69, 9.17) is 9.47 Å². The van der Waals surface area contributed by atoms with Crippen molar-refractivity contribution in [1.29, 1.82) is 0 Å². The maximum atomic E-state index is 13.5. The van der Waals surface area contributed by atoms with Crippen molar-refractivity contribution in [2.24, 2.45) is 5.41 Å². The van der Waals surface area contributed by atoms with E-state index in [1.54, 1.807) is 42.5 Å². The van der Waals surface area contributed by atoms with Crippen LogP contribution in [0.3, 0.4) is 0 Å². The van der Waals surface area contributed by atoms with Crippen LogP contribution in [0.1, 0.15) is 33.8 Å². The molecule has 4 rings (SSSR count). The highest BCUT2D eigenvalue weighted by molar-refractivity contribution is 6.16. The lowest BCUT2D eigenvalue weighted by Crippen LogP contribution is -2.53. The zero-order valence-corrected chi connectivity index (χ0v) is 14.6. The van der Waals surface area contributed by atoms with Crippen molar-refractivity contribution >= 4 is 11.8 Å². The molecule has 1 aliphatic carbocycles. The number of fused-ring (bicyclic) bond motifs is 2. The molecule has 0 radical (unpaired) electrons. The van der Waals surface area contributed by atoms with Gasteiger partial charge in [0.25, 0.3) is 0 Å². The number of nitrogens with zero attached hydrogens (tertiary/aromatic N) is 1. The quantitative estimate of drug-likeness (QED) is 0.272. The number of aryl methyl sites for hydroxylation is 1. The summed E-state index contributed by atoms with van der Waals surface area (Å²) in [5.74, 6) is -1.25. The van der Waals surface area contributed by atoms with Crippen molar-refractivity contribution < 1.29 is 24.0 Å². The maximum absolute atomic E-state index is 13.5. The first-order valence-corrected chi connectivity index (χ1v) is 8.62. The number of hydrogen-bond donors (Lipinski definition) is 0. The second-order valence-corrected chi connectivity index (χ2v) is 6.82. The van der Waals surface area contributed by atoms with E-state index in [-0.39, 0.29) is 12.2 Å². The van der Waals surface area contributed by atoms with Crippen LogP contribution >= 0.6 is 0 Å². The van der Waals surface area contributed by atoms with E-state index in [0.29, 0.717) is 23.3 Å². The molecule has 2 aromatic rings. The van der Waals surface area contributed by atoms with Gasteiger partial charge < -0.3 is 9.47 Å². The van der Waals surface area contributed by atoms with Crippen LogP contribution in [0.25, 0.3) is 0 Å². The first kappa shape index (κ1) is 17.2. The van der Waals surface area contributed by atoms with Crippen LogP contribution < -0.4 is 9.47 Å². The fourth-order valence-electron chi connectivity index (χ4n) is 4.19. The summed E-state index contributed by atoms with van der Waals surface area (Å²) in [6.45, 7) is -0.517. The molecule has 0 saturated heterocycles. The van der Waals surface area contributed by atoms with E-state index >= 15 is 0 Å². The first-order chi connectivity index (χ1) is 13.0. The normalized spacial score (nSPS) is 23.4. The molecule has 2 aliphatic rings. The lowest BCUT2D eigenvalue weighted by Gasteiger charge is -2.42. The van der Waals surface area contributed by atoms with Gasteiger partial charge in [0.2, 0.25) is 6.54 Å². The molecule has 138 valence electrons. The van der Waals surface area contributed by atoms with Crippen LogP contribution in [0.2, 0.25) is 0 Å². The van der Waals surface area contributed by atoms with Gasteiger partial charge in [-0.3, -0.25) is 19.7 Å². The van der Waals surface area contributed by atoms with Gasteiger partial charge in [0, 0.05) is 16.1 Å². The predicted octanol–water partition coefficient (Wildman–Crippen LogP) is 2.79. The molecule has 0 bridgehead atoms. The largest absolute Gasteiger partial charge is 0.497 e. The Kier molecular flexibility index (Phi) is 3.95. The fraction of sp³-hybridized carbons (Fsp3) is 0.300. The summed E-state index contributed by atoms with van der Waals surface area (Å²) < 4.78 is 10.7. The van der Waals surface area contributed by atoms with Gasteiger partial charge >= 0.3 is 5.97 Å². The second-order valence-electron chi connectivity index (χ2n) is 6.82. The van der Waals surface area contributed by atoms with Crippen molar-refractivity contribution in [2.75, 3.05) is 13.7 Å². The third-order valence-electron chi connectivity index (χ3n) is 5.54. The highest BCUT2D eigenvalue weighted by Gasteiger charge is 2.60. The van der Waals surface area contributed by atoms with Crippen molar-refractivity contribution in [2.45, 2.75) is 18.8 Å². The van der Waals surface area contributed by atoms with Gasteiger partial charge in [-0.1, -0.05) is 24.3 Å². The Hall–Kier alpha value is -3.22. The Labute approximate surface area is 155 Å². The van der Waals surface area contributed by atoms with Crippen LogP contribution in [0.4, 0.5) is 0 Å². The lowest BCUT2D eigenvalue weighted by atomic mass is 9.60. The summed E-state index contributed by atoms with van der Waals surface area (Å²) >= 11 is 0. The van der Waals surface area contributed by atoms with E-state index in [2.05, 4.69) is 0 Å². The molecule has 7 heteroatoms. The highest BCUT2D eigenvalue weighted by atomic mass is 16.6. The summed E-state index contributed by atoms with van der Waals surface area (Å²) in [5.41, 5.74) is 0.0950. The minimum absolute atomic E-state index is 0.177. The first-order valence-electron chi connectivity index (χ1n) is 8.62. The van der Waals surface area contributed by atoms with Gasteiger partial charge in [0.1, 0.15) is 16.9 Å². The molecule has 0 unspecified atom stereocenters. The van der Waals surface area contributed by atoms with Crippen molar-refractivity contribution in [3.63, 3.8) is 0 Å². The van der Waals surface area contributed by atoms with Gasteiger partial charge in [-0.05, 0) is 36.6 Å². The topological polar surface area (TPSA) is 95.7 Å². The molecule has 2 aromatic carbocycles. The standard InChI is InChI=1S/C20H17NO6/c1-26-13-7-6-12-8-9-20(18(22)15(12)10-13)16(11-21(24)25)14-4-2-3-5-17(14)27-19(20)23/h2-7,10,16H,8-9,11H2,1H3/t16-,20+/m0/s1. The Balaban J connectivity index is 1.90. The summed E-state index contributed by atoms with van der Waals surface area (Å²) in [7, 11) is 1.49. The minimum atomic E-state index is -1.60. The van der Waals surface area contributed by atoms with Crippen molar-refractivity contribution in [3.8, 4) is 11.5 Å². The second kappa shape index (κ2) is 6.19. The van der Waals surface area contributed by atoms with E-state index in [1.165, 1.54) is 7.11 Å². The van der Waals surface area contributed by atoms with Gasteiger partial charge in [0.15, 0.2) is 5.78 Å². The van der Waals surface area contributed by atoms with E-state index in [1.807, 2.05) is 0 Å². The van der Waals surface area contributed by atoms with Gasteiger partial charge in [-0.25, -0.2) is 0 Å². The van der Waals surface area contributed by atoms with Gasteiger partial charge in [-0.2, -0.15) is 0 Å². The minimum Gasteiger partial charge on any atom is -0.497 e. The predicted molar refractivity (Wildman–Crippen MR) is 94.8 cm³/mol. The number of esters is 1. The number of carbonyl (C=O) groups excluding carboxylic acids is 2. The van der Waals surface area contributed by atoms with Gasteiger partial charge in [0.05, 0.1) is 13.0 Å². The van der Waals surface area contributed by atoms with Crippen molar-refractivity contribution in [3.05, 3.63) is 69.3 Å². The van der Waals surface area contributed by atoms with Crippen molar-refractivity contribution in [1.82, 2.24) is 0 Å². The number of hydrogen-bond acceptors (Lipinski definition) is 6. The van der Waals surface area contributed by atoms with Crippen LogP contribution in [0.5, 0.6) is 11.5 Å². The number of para-hydroxylation sites is 1. The molecule has 0 saturated carbocycles. The molecular formula is C20H17NO6. The zero-order chi connectivity index (χ0) is 19.2. The number of carbonyl (C=O) groups is 2. The average molecular weight is 367 g/mol. The number of nitro groups is 1. The molecule has 1 spiro atoms. The fourth-order valence-corrected chi connectivity index (χ4v) is 4.19. The zero-order valence-electron chi connectivity index (χ0n) is 14.6. The Bertz CT molecular complexity index is 969. The van der Waals surface area contributed by atoms with Gasteiger partial charge in [-0.15, -0.1) is 0 Å². The SMILES string of the molecule is COc1ccc2c(c1)C(=O)[C@]1(CC2)C(=O)Oc2ccccc2[C@@H]1C[N+](=O)[O-]. The van der Waals surface area contributed by atoms with Crippen LogP contribution in [-0.2, 0) is 11.2 Å². The average Bonchev–Trinajstić information content (AvgIpc) is 2.66. The maximum Gasteiger partial charge on any atom is 0.326 e. The monoisotopic (exact) mass is 367 g/mol. The molecule has 1 heterocycles. The molecule has 0 N–H and O–H groups in total. The lowest BCUT2D eigenvalue weighted by molar-refractivity contribution is -0.485. The molecule has 0 amide bonds. The summed E-state index contributed by atoms with van der Waals surface area (Å²) in [6, 6.07) is 11.8. The third kappa shape index (κ3) is 2.50. The smallest absolute Gasteiger partial charge is 0.326 e. The summed E-state index contributed by atoms with van der Waals surface area (Å²) in [4.78, 5) is 37.4. The van der Waals surface area contributed by atoms with E-state index in [0.717, 1.165) is 5.56 Å². The number of ketones is 1. The number of ether oxygens (including phenoxy) is 2. The third-order valence-corrected chi connectivity index (χ3v) is 5.54. The molecular weight excluding hydrogens is 350 g/mol. The van der Waals surface area contributed by atoms with Crippen LogP contribution in [0, 0.1) is 15.5 Å². The molecule has 0 aromatic heterocycles. The molecule has 1 aliphatic heterocycles. The Morgan fingerprint density at radius 1 is 1.26 bits per heavy atom. The summed E-state index contributed by atoms with van der Waals surface area (Å²) in [6.07, 6.45) is 0.632. The molecule has 0 fully saturated rings. The van der Waals surface area contributed by atoms with E-state index < -0.39 is 34.6 Å². The number of Topliss-reactive ketones (excluding diaryl/α,β-unsaturated/α-hetero) is 1. The number of rotatable bonds is 3.